The molecule has 1 N–H and O–H groups in total. The van der Waals surface area contributed by atoms with Gasteiger partial charge in [-0.2, -0.15) is 0 Å². The van der Waals surface area contributed by atoms with Crippen LogP contribution in [0.4, 0.5) is 0 Å². The molecule has 7 heteroatoms. The first-order chi connectivity index (χ1) is 12.4. The van der Waals surface area contributed by atoms with Crippen LogP contribution in [-0.2, 0) is 16.1 Å². The largest absolute Gasteiger partial charge is 0.481 e. The van der Waals surface area contributed by atoms with Crippen molar-refractivity contribution >= 4 is 22.8 Å². The second-order valence-electron chi connectivity index (χ2n) is 7.14. The molecule has 0 bridgehead atoms. The lowest BCUT2D eigenvalue weighted by molar-refractivity contribution is -0.147. The van der Waals surface area contributed by atoms with E-state index >= 15 is 0 Å². The third kappa shape index (κ3) is 3.61. The number of fused-ring (bicyclic) bond motifs is 1. The molecule has 1 aliphatic rings. The van der Waals surface area contributed by atoms with E-state index in [1.54, 1.807) is 11.0 Å². The van der Waals surface area contributed by atoms with Crippen LogP contribution >= 0.6 is 0 Å². The molecule has 1 amide bonds. The van der Waals surface area contributed by atoms with Gasteiger partial charge in [0.25, 0.3) is 5.56 Å². The molecular weight excluding hydrogens is 334 g/mol. The van der Waals surface area contributed by atoms with Crippen molar-refractivity contribution in [3.63, 3.8) is 0 Å². The molecule has 7 nitrogen and oxygen atoms in total. The highest BCUT2D eigenvalue weighted by Crippen LogP contribution is 2.22. The van der Waals surface area contributed by atoms with Gasteiger partial charge in [0.1, 0.15) is 0 Å². The quantitative estimate of drug-likeness (QED) is 0.898. The van der Waals surface area contributed by atoms with Crippen LogP contribution in [0, 0.1) is 18.8 Å². The van der Waals surface area contributed by atoms with E-state index in [9.17, 15) is 19.5 Å². The number of hydrogen-bond acceptors (Lipinski definition) is 4. The van der Waals surface area contributed by atoms with Gasteiger partial charge < -0.3 is 10.0 Å². The summed E-state index contributed by atoms with van der Waals surface area (Å²) < 4.78 is 1.45. The molecule has 0 radical (unpaired) electrons. The predicted molar refractivity (Wildman–Crippen MR) is 96.8 cm³/mol. The van der Waals surface area contributed by atoms with Crippen LogP contribution in [0.3, 0.4) is 0 Å². The summed E-state index contributed by atoms with van der Waals surface area (Å²) >= 11 is 0. The van der Waals surface area contributed by atoms with Crippen LogP contribution in [-0.4, -0.2) is 44.5 Å². The van der Waals surface area contributed by atoms with Crippen LogP contribution < -0.4 is 5.56 Å². The van der Waals surface area contributed by atoms with Gasteiger partial charge in [-0.3, -0.25) is 19.0 Å². The third-order valence-corrected chi connectivity index (χ3v) is 4.98. The molecule has 1 aromatic carbocycles. The number of aliphatic carboxylic acids is 1. The Labute approximate surface area is 151 Å². The smallest absolute Gasteiger partial charge is 0.308 e. The summed E-state index contributed by atoms with van der Waals surface area (Å²) in [5.74, 6) is -1.35. The summed E-state index contributed by atoms with van der Waals surface area (Å²) in [4.78, 5) is 42.3. The number of piperidine rings is 1. The van der Waals surface area contributed by atoms with Gasteiger partial charge in [0.2, 0.25) is 5.91 Å². The lowest BCUT2D eigenvalue weighted by Gasteiger charge is -2.34. The van der Waals surface area contributed by atoms with Gasteiger partial charge in [-0.25, -0.2) is 4.98 Å². The molecule has 2 heterocycles. The molecule has 0 saturated carbocycles. The van der Waals surface area contributed by atoms with Crippen molar-refractivity contribution in [2.45, 2.75) is 33.2 Å². The number of carboxylic acid groups (broad SMARTS) is 1. The Balaban J connectivity index is 1.72. The third-order valence-electron chi connectivity index (χ3n) is 4.98. The number of aromatic nitrogens is 2. The van der Waals surface area contributed by atoms with Crippen molar-refractivity contribution in [2.75, 3.05) is 13.1 Å². The Bertz CT molecular complexity index is 905. The number of carbonyl (C=O) groups is 2. The monoisotopic (exact) mass is 357 g/mol. The Morgan fingerprint density at radius 1 is 1.31 bits per heavy atom. The Kier molecular flexibility index (Phi) is 5.06. The van der Waals surface area contributed by atoms with Gasteiger partial charge in [-0.15, -0.1) is 0 Å². The molecule has 0 spiro atoms. The predicted octanol–water partition coefficient (Wildman–Crippen LogP) is 1.66. The number of carbonyl (C=O) groups excluding carboxylic acids is 1. The van der Waals surface area contributed by atoms with Gasteiger partial charge >= 0.3 is 5.97 Å². The van der Waals surface area contributed by atoms with Gasteiger partial charge in [0, 0.05) is 26.1 Å². The highest BCUT2D eigenvalue weighted by atomic mass is 16.4. The van der Waals surface area contributed by atoms with Crippen molar-refractivity contribution in [2.24, 2.45) is 11.8 Å². The molecule has 1 saturated heterocycles. The second-order valence-corrected chi connectivity index (χ2v) is 7.14. The summed E-state index contributed by atoms with van der Waals surface area (Å²) in [6.07, 6.45) is 2.22. The van der Waals surface area contributed by atoms with Crippen LogP contribution in [0.15, 0.2) is 29.3 Å². The molecule has 26 heavy (non-hydrogen) atoms. The van der Waals surface area contributed by atoms with Crippen molar-refractivity contribution < 1.29 is 14.7 Å². The zero-order chi connectivity index (χ0) is 18.8. The van der Waals surface area contributed by atoms with E-state index in [-0.39, 0.29) is 36.9 Å². The molecule has 1 fully saturated rings. The van der Waals surface area contributed by atoms with Gasteiger partial charge in [-0.1, -0.05) is 19.1 Å². The number of carboxylic acids is 1. The standard InChI is InChI=1S/C19H23N3O4/c1-12-8-14(19(25)26)10-22(9-12)16(23)6-7-21-11-20-17-13(2)4-3-5-15(17)18(21)24/h3-5,11-12,14H,6-10H2,1-2H3,(H,25,26). The maximum Gasteiger partial charge on any atom is 0.308 e. The summed E-state index contributed by atoms with van der Waals surface area (Å²) in [7, 11) is 0. The molecule has 1 aromatic heterocycles. The van der Waals surface area contributed by atoms with E-state index < -0.39 is 11.9 Å². The molecule has 2 aromatic rings. The number of rotatable bonds is 4. The van der Waals surface area contributed by atoms with Crippen molar-refractivity contribution in [1.82, 2.24) is 14.5 Å². The number of aryl methyl sites for hydroxylation is 2. The first kappa shape index (κ1) is 18.1. The lowest BCUT2D eigenvalue weighted by Crippen LogP contribution is -2.45. The SMILES string of the molecule is Cc1cccc2c(=O)n(CCC(=O)N3CC(C)CC(C(=O)O)C3)cnc12. The molecular formula is C19H23N3O4. The Morgan fingerprint density at radius 3 is 2.81 bits per heavy atom. The minimum absolute atomic E-state index is 0.126. The number of para-hydroxylation sites is 1. The van der Waals surface area contributed by atoms with E-state index in [2.05, 4.69) is 4.98 Å². The summed E-state index contributed by atoms with van der Waals surface area (Å²) in [6.45, 7) is 4.89. The number of hydrogen-bond donors (Lipinski definition) is 1. The normalized spacial score (nSPS) is 20.3. The van der Waals surface area contributed by atoms with Crippen molar-refractivity contribution in [1.29, 1.82) is 0 Å². The molecule has 1 aliphatic heterocycles. The Morgan fingerprint density at radius 2 is 2.08 bits per heavy atom. The minimum Gasteiger partial charge on any atom is -0.481 e. The Hall–Kier alpha value is -2.70. The van der Waals surface area contributed by atoms with E-state index in [0.29, 0.717) is 23.9 Å². The number of nitrogens with zero attached hydrogens (tertiary/aromatic N) is 3. The zero-order valence-electron chi connectivity index (χ0n) is 15.0. The lowest BCUT2D eigenvalue weighted by atomic mass is 9.90. The van der Waals surface area contributed by atoms with Crippen LogP contribution in [0.1, 0.15) is 25.3 Å². The molecule has 0 aliphatic carbocycles. The van der Waals surface area contributed by atoms with Gasteiger partial charge in [0.05, 0.1) is 23.1 Å². The molecule has 3 rings (SSSR count). The van der Waals surface area contributed by atoms with E-state index in [1.807, 2.05) is 26.0 Å². The van der Waals surface area contributed by atoms with Crippen molar-refractivity contribution in [3.05, 3.63) is 40.4 Å². The fourth-order valence-corrected chi connectivity index (χ4v) is 3.61. The highest BCUT2D eigenvalue weighted by Gasteiger charge is 2.31. The highest BCUT2D eigenvalue weighted by molar-refractivity contribution is 5.80. The maximum atomic E-state index is 12.6. The first-order valence-corrected chi connectivity index (χ1v) is 8.82. The van der Waals surface area contributed by atoms with E-state index in [1.165, 1.54) is 10.9 Å². The summed E-state index contributed by atoms with van der Waals surface area (Å²) in [5.41, 5.74) is 1.45. The molecule has 138 valence electrons. The van der Waals surface area contributed by atoms with Crippen LogP contribution in [0.25, 0.3) is 10.9 Å². The maximum absolute atomic E-state index is 12.6. The van der Waals surface area contributed by atoms with Crippen molar-refractivity contribution in [3.8, 4) is 0 Å². The zero-order valence-corrected chi connectivity index (χ0v) is 15.0. The first-order valence-electron chi connectivity index (χ1n) is 8.82. The van der Waals surface area contributed by atoms with E-state index in [0.717, 1.165) is 5.56 Å². The average Bonchev–Trinajstić information content (AvgIpc) is 2.61. The topological polar surface area (TPSA) is 92.5 Å². The molecule has 2 unspecified atom stereocenters. The van der Waals surface area contributed by atoms with Crippen LogP contribution in [0.5, 0.6) is 0 Å². The van der Waals surface area contributed by atoms with Gasteiger partial charge in [-0.05, 0) is 30.9 Å². The van der Waals surface area contributed by atoms with Gasteiger partial charge in [0.15, 0.2) is 0 Å². The number of likely N-dealkylation sites (tertiary alicyclic amines) is 1. The number of benzene rings is 1. The second kappa shape index (κ2) is 7.27. The summed E-state index contributed by atoms with van der Waals surface area (Å²) in [6, 6.07) is 5.45. The number of amides is 1. The summed E-state index contributed by atoms with van der Waals surface area (Å²) in [5, 5.41) is 9.77. The van der Waals surface area contributed by atoms with E-state index in [4.69, 9.17) is 0 Å². The fraction of sp³-hybridized carbons (Fsp3) is 0.474. The average molecular weight is 357 g/mol. The minimum atomic E-state index is -0.861. The van der Waals surface area contributed by atoms with Crippen LogP contribution in [0.2, 0.25) is 0 Å². The molecule has 2 atom stereocenters. The fourth-order valence-electron chi connectivity index (χ4n) is 3.61.